The fourth-order valence-electron chi connectivity index (χ4n) is 4.77. The van der Waals surface area contributed by atoms with Gasteiger partial charge in [-0.1, -0.05) is 111 Å². The third kappa shape index (κ3) is 12.6. The molecule has 3 rings (SSSR count). The summed E-state index contributed by atoms with van der Waals surface area (Å²) in [7, 11) is 0. The molecule has 3 aromatic carbocycles. The zero-order valence-corrected chi connectivity index (χ0v) is 27.9. The van der Waals surface area contributed by atoms with Gasteiger partial charge >= 0.3 is 24.2 Å². The summed E-state index contributed by atoms with van der Waals surface area (Å²) < 4.78 is 16.2. The Hall–Kier alpha value is -5.92. The Morgan fingerprint density at radius 1 is 0.720 bits per heavy atom. The number of guanidine groups is 1. The highest BCUT2D eigenvalue weighted by Gasteiger charge is 2.39. The smallest absolute Gasteiger partial charge is 0.420 e. The van der Waals surface area contributed by atoms with E-state index < -0.39 is 48.2 Å². The lowest BCUT2D eigenvalue weighted by Crippen LogP contribution is -2.55. The number of benzene rings is 3. The lowest BCUT2D eigenvalue weighted by molar-refractivity contribution is -0.142. The molecule has 0 saturated heterocycles. The highest BCUT2D eigenvalue weighted by atomic mass is 16.6. The van der Waals surface area contributed by atoms with Gasteiger partial charge in [0.25, 0.3) is 0 Å². The van der Waals surface area contributed by atoms with Crippen LogP contribution in [0.4, 0.5) is 14.4 Å². The normalized spacial score (nSPS) is 11.7. The molecule has 14 nitrogen and oxygen atoms in total. The second-order valence-corrected chi connectivity index (χ2v) is 11.2. The predicted molar refractivity (Wildman–Crippen MR) is 182 cm³/mol. The van der Waals surface area contributed by atoms with Crippen LogP contribution in [0, 0.1) is 5.41 Å². The summed E-state index contributed by atoms with van der Waals surface area (Å²) in [5, 5.41) is 20.2. The first kappa shape index (κ1) is 38.5. The van der Waals surface area contributed by atoms with E-state index in [-0.39, 0.29) is 45.6 Å². The number of rotatable bonds is 17. The first-order chi connectivity index (χ1) is 24.1. The second kappa shape index (κ2) is 20.4. The van der Waals surface area contributed by atoms with Crippen molar-refractivity contribution in [3.8, 4) is 0 Å². The van der Waals surface area contributed by atoms with E-state index >= 15 is 0 Å². The van der Waals surface area contributed by atoms with Crippen molar-refractivity contribution in [1.82, 2.24) is 15.1 Å². The maximum absolute atomic E-state index is 13.8. The van der Waals surface area contributed by atoms with Gasteiger partial charge < -0.3 is 30.4 Å². The molecule has 3 aromatic rings. The second-order valence-electron chi connectivity index (χ2n) is 11.2. The largest absolute Gasteiger partial charge is 0.480 e. The molecule has 0 heterocycles. The molecular weight excluding hydrogens is 646 g/mol. The Morgan fingerprint density at radius 3 is 1.56 bits per heavy atom. The van der Waals surface area contributed by atoms with E-state index in [4.69, 9.17) is 25.4 Å². The number of carbonyl (C=O) groups excluding carboxylic acids is 4. The molecule has 0 fully saturated rings. The molecule has 4 amide bonds. The topological polar surface area (TPSA) is 202 Å². The minimum Gasteiger partial charge on any atom is -0.480 e. The molecule has 0 radical (unpaired) electrons. The number of carbonyl (C=O) groups is 5. The number of carboxylic acids is 1. The van der Waals surface area contributed by atoms with E-state index in [1.165, 1.54) is 0 Å². The number of aliphatic carboxylic acids is 1. The van der Waals surface area contributed by atoms with E-state index in [0.29, 0.717) is 34.4 Å². The van der Waals surface area contributed by atoms with E-state index in [2.05, 4.69) is 5.32 Å². The fraction of sp³-hybridized carbons (Fsp3) is 0.333. The lowest BCUT2D eigenvalue weighted by atomic mass is 10.1. The summed E-state index contributed by atoms with van der Waals surface area (Å²) in [5.74, 6) is -2.88. The monoisotopic (exact) mass is 689 g/mol. The van der Waals surface area contributed by atoms with E-state index in [0.717, 1.165) is 4.90 Å². The number of carboxylic acid groups (broad SMARTS) is 1. The molecule has 0 aliphatic heterocycles. The van der Waals surface area contributed by atoms with Gasteiger partial charge in [-0.2, -0.15) is 4.90 Å². The molecule has 0 aliphatic rings. The summed E-state index contributed by atoms with van der Waals surface area (Å²) >= 11 is 0. The van der Waals surface area contributed by atoms with Gasteiger partial charge in [0.15, 0.2) is 5.96 Å². The zero-order chi connectivity index (χ0) is 36.3. The average molecular weight is 690 g/mol. The maximum atomic E-state index is 13.8. The van der Waals surface area contributed by atoms with Crippen molar-refractivity contribution in [2.45, 2.75) is 70.9 Å². The van der Waals surface area contributed by atoms with Crippen molar-refractivity contribution in [1.29, 1.82) is 5.41 Å². The van der Waals surface area contributed by atoms with Crippen LogP contribution in [0.3, 0.4) is 0 Å². The SMILES string of the molecule is CCCC[C@H](NC(=O)[C@H](CCCN(C(=N)N)C(=O)OCc1ccccc1)N(C(=O)OCc1ccccc1)C(=O)OCc1ccccc1)C(=O)O. The predicted octanol–water partition coefficient (Wildman–Crippen LogP) is 5.40. The van der Waals surface area contributed by atoms with E-state index in [1.807, 2.05) is 6.92 Å². The van der Waals surface area contributed by atoms with Crippen LogP contribution in [0.2, 0.25) is 0 Å². The summed E-state index contributed by atoms with van der Waals surface area (Å²) in [6, 6.07) is 23.2. The third-order valence-electron chi connectivity index (χ3n) is 7.45. The summed E-state index contributed by atoms with van der Waals surface area (Å²) in [6.07, 6.45) is -2.46. The van der Waals surface area contributed by atoms with Gasteiger partial charge in [-0.05, 0) is 36.0 Å². The number of amides is 4. The van der Waals surface area contributed by atoms with Crippen LogP contribution in [-0.2, 0) is 43.6 Å². The summed E-state index contributed by atoms with van der Waals surface area (Å²) in [4.78, 5) is 67.3. The number of unbranched alkanes of at least 4 members (excludes halogenated alkanes) is 1. The summed E-state index contributed by atoms with van der Waals surface area (Å²) in [5.41, 5.74) is 7.60. The molecule has 5 N–H and O–H groups in total. The van der Waals surface area contributed by atoms with Gasteiger partial charge in [0.2, 0.25) is 5.91 Å². The van der Waals surface area contributed by atoms with Crippen molar-refractivity contribution in [2.75, 3.05) is 6.54 Å². The minimum atomic E-state index is -1.64. The number of nitrogens with two attached hydrogens (primary N) is 1. The number of ether oxygens (including phenoxy) is 3. The highest BCUT2D eigenvalue weighted by molar-refractivity contribution is 5.96. The van der Waals surface area contributed by atoms with Crippen molar-refractivity contribution in [3.63, 3.8) is 0 Å². The molecule has 0 unspecified atom stereocenters. The Labute approximate surface area is 290 Å². The molecule has 0 aliphatic carbocycles. The lowest BCUT2D eigenvalue weighted by Gasteiger charge is -2.29. The minimum absolute atomic E-state index is 0.0841. The van der Waals surface area contributed by atoms with E-state index in [1.54, 1.807) is 91.0 Å². The van der Waals surface area contributed by atoms with Crippen LogP contribution in [0.1, 0.15) is 55.7 Å². The fourth-order valence-corrected chi connectivity index (χ4v) is 4.77. The molecule has 14 heteroatoms. The first-order valence-electron chi connectivity index (χ1n) is 16.2. The first-order valence-corrected chi connectivity index (χ1v) is 16.2. The van der Waals surface area contributed by atoms with E-state index in [9.17, 15) is 29.1 Å². The molecule has 0 spiro atoms. The maximum Gasteiger partial charge on any atom is 0.420 e. The Bertz CT molecular complexity index is 1500. The van der Waals surface area contributed by atoms with Gasteiger partial charge in [-0.15, -0.1) is 0 Å². The molecule has 2 atom stereocenters. The van der Waals surface area contributed by atoms with Gasteiger partial charge in [-0.25, -0.2) is 24.1 Å². The van der Waals surface area contributed by atoms with Gasteiger partial charge in [-0.3, -0.25) is 10.2 Å². The van der Waals surface area contributed by atoms with Gasteiger partial charge in [0.05, 0.1) is 0 Å². The van der Waals surface area contributed by atoms with Crippen LogP contribution < -0.4 is 11.1 Å². The van der Waals surface area contributed by atoms with Gasteiger partial charge in [0, 0.05) is 6.54 Å². The number of hydrogen-bond acceptors (Lipinski definition) is 9. The van der Waals surface area contributed by atoms with Crippen molar-refractivity contribution in [2.24, 2.45) is 5.73 Å². The van der Waals surface area contributed by atoms with Crippen LogP contribution in [-0.4, -0.2) is 69.7 Å². The zero-order valence-electron chi connectivity index (χ0n) is 27.9. The van der Waals surface area contributed by atoms with Crippen LogP contribution >= 0.6 is 0 Å². The third-order valence-corrected chi connectivity index (χ3v) is 7.45. The van der Waals surface area contributed by atoms with Gasteiger partial charge in [0.1, 0.15) is 31.9 Å². The van der Waals surface area contributed by atoms with Crippen molar-refractivity contribution >= 4 is 36.1 Å². The Kier molecular flexibility index (Phi) is 15.8. The van der Waals surface area contributed by atoms with Crippen molar-refractivity contribution in [3.05, 3.63) is 108 Å². The van der Waals surface area contributed by atoms with Crippen LogP contribution in [0.25, 0.3) is 0 Å². The standard InChI is InChI=1S/C36H43N5O9/c1-2-3-20-29(32(43)44)39-31(42)30(21-13-22-40(33(37)38)34(45)48-23-26-14-7-4-8-15-26)41(35(46)49-24-27-16-9-5-10-17-27)36(47)50-25-28-18-11-6-12-19-28/h4-12,14-19,29-30H,2-3,13,20-25H2,1H3,(H3,37,38)(H,39,42)(H,43,44)/t29-,30-/m0/s1. The molecular formula is C36H43N5O9. The van der Waals surface area contributed by atoms with Crippen LogP contribution in [0.5, 0.6) is 0 Å². The average Bonchev–Trinajstić information content (AvgIpc) is 3.12. The summed E-state index contributed by atoms with van der Waals surface area (Å²) in [6.45, 7) is 1.06. The quantitative estimate of drug-likeness (QED) is 0.0807. The Morgan fingerprint density at radius 2 is 1.16 bits per heavy atom. The number of hydrogen-bond donors (Lipinski definition) is 4. The van der Waals surface area contributed by atoms with Crippen LogP contribution in [0.15, 0.2) is 91.0 Å². The highest BCUT2D eigenvalue weighted by Crippen LogP contribution is 2.17. The van der Waals surface area contributed by atoms with Crippen molar-refractivity contribution < 1.29 is 43.3 Å². The molecule has 50 heavy (non-hydrogen) atoms. The number of nitrogens with one attached hydrogen (secondary N) is 2. The molecule has 0 saturated carbocycles. The number of imide groups is 1. The number of nitrogens with zero attached hydrogens (tertiary/aromatic N) is 2. The molecule has 0 aromatic heterocycles. The molecule has 266 valence electrons. The Balaban J connectivity index is 1.87. The molecule has 0 bridgehead atoms.